The summed E-state index contributed by atoms with van der Waals surface area (Å²) in [6.07, 6.45) is 1.32. The zero-order valence-corrected chi connectivity index (χ0v) is 19.5. The Morgan fingerprint density at radius 2 is 1.43 bits per heavy atom. The molecule has 174 valence electrons. The maximum absolute atomic E-state index is 12.6. The molecule has 0 spiro atoms. The lowest BCUT2D eigenvalue weighted by atomic mass is 10.0. The number of carbonyl (C=O) groups is 3. The monoisotopic (exact) mass is 505 g/mol. The van der Waals surface area contributed by atoms with Gasteiger partial charge in [-0.1, -0.05) is 53.5 Å². The molecule has 0 aromatic heterocycles. The molecule has 2 N–H and O–H groups in total. The Hall–Kier alpha value is -4.20. The van der Waals surface area contributed by atoms with Crippen LogP contribution in [-0.2, 0) is 9.59 Å². The summed E-state index contributed by atoms with van der Waals surface area (Å²) >= 11 is 11.7. The number of hydrogen-bond acceptors (Lipinski definition) is 5. The summed E-state index contributed by atoms with van der Waals surface area (Å²) in [4.78, 5) is 37.0. The molecule has 0 aliphatic rings. The Morgan fingerprint density at radius 1 is 0.771 bits per heavy atom. The van der Waals surface area contributed by atoms with Crippen molar-refractivity contribution in [1.29, 1.82) is 0 Å². The van der Waals surface area contributed by atoms with Crippen LogP contribution in [0.25, 0.3) is 10.8 Å². The van der Waals surface area contributed by atoms with Gasteiger partial charge >= 0.3 is 17.8 Å². The molecule has 7 nitrogen and oxygen atoms in total. The van der Waals surface area contributed by atoms with E-state index in [1.165, 1.54) is 6.21 Å². The minimum Gasteiger partial charge on any atom is -0.422 e. The number of nitrogens with one attached hydrogen (secondary N) is 2. The molecule has 0 unspecified atom stereocenters. The van der Waals surface area contributed by atoms with Gasteiger partial charge in [-0.2, -0.15) is 5.10 Å². The summed E-state index contributed by atoms with van der Waals surface area (Å²) in [5.74, 6) is -2.24. The number of hydrogen-bond donors (Lipinski definition) is 2. The highest BCUT2D eigenvalue weighted by atomic mass is 35.5. The van der Waals surface area contributed by atoms with Crippen molar-refractivity contribution in [3.63, 3.8) is 0 Å². The van der Waals surface area contributed by atoms with Crippen LogP contribution in [0.15, 0.2) is 90.0 Å². The van der Waals surface area contributed by atoms with Gasteiger partial charge in [-0.25, -0.2) is 10.2 Å². The number of hydrazone groups is 1. The van der Waals surface area contributed by atoms with E-state index in [2.05, 4.69) is 15.8 Å². The first-order chi connectivity index (χ1) is 16.9. The number of rotatable bonds is 5. The number of amides is 2. The Balaban J connectivity index is 1.53. The lowest BCUT2D eigenvalue weighted by molar-refractivity contribution is -0.136. The van der Waals surface area contributed by atoms with Gasteiger partial charge in [0.05, 0.1) is 11.8 Å². The molecule has 0 saturated heterocycles. The van der Waals surface area contributed by atoms with Gasteiger partial charge in [0.2, 0.25) is 0 Å². The highest BCUT2D eigenvalue weighted by Gasteiger charge is 2.15. The lowest BCUT2D eigenvalue weighted by Crippen LogP contribution is -2.32. The van der Waals surface area contributed by atoms with Crippen LogP contribution in [0.1, 0.15) is 15.9 Å². The molecule has 2 amide bonds. The van der Waals surface area contributed by atoms with Gasteiger partial charge in [-0.15, -0.1) is 0 Å². The van der Waals surface area contributed by atoms with E-state index in [0.29, 0.717) is 26.9 Å². The molecule has 9 heteroatoms. The Labute approximate surface area is 210 Å². The van der Waals surface area contributed by atoms with Crippen molar-refractivity contribution in [3.8, 4) is 5.75 Å². The minimum atomic E-state index is -0.976. The summed E-state index contributed by atoms with van der Waals surface area (Å²) in [6, 6.07) is 23.4. The fourth-order valence-electron chi connectivity index (χ4n) is 3.17. The van der Waals surface area contributed by atoms with E-state index in [0.717, 1.165) is 10.8 Å². The van der Waals surface area contributed by atoms with Gasteiger partial charge < -0.3 is 10.1 Å². The van der Waals surface area contributed by atoms with Crippen LogP contribution < -0.4 is 15.5 Å². The van der Waals surface area contributed by atoms with Gasteiger partial charge in [0.25, 0.3) is 0 Å². The number of ether oxygens (including phenoxy) is 1. The van der Waals surface area contributed by atoms with Crippen LogP contribution in [0.2, 0.25) is 10.0 Å². The average molecular weight is 506 g/mol. The van der Waals surface area contributed by atoms with Gasteiger partial charge in [0.15, 0.2) is 0 Å². The van der Waals surface area contributed by atoms with Crippen molar-refractivity contribution in [3.05, 3.63) is 106 Å². The highest BCUT2D eigenvalue weighted by Crippen LogP contribution is 2.27. The molecule has 4 rings (SSSR count). The molecule has 0 fully saturated rings. The number of carbonyl (C=O) groups excluding carboxylic acids is 3. The van der Waals surface area contributed by atoms with Crippen LogP contribution in [0.4, 0.5) is 5.69 Å². The molecule has 4 aromatic carbocycles. The minimum absolute atomic E-state index is 0.229. The van der Waals surface area contributed by atoms with Gasteiger partial charge in [-0.3, -0.25) is 9.59 Å². The van der Waals surface area contributed by atoms with Crippen molar-refractivity contribution < 1.29 is 19.1 Å². The maximum Gasteiger partial charge on any atom is 0.343 e. The number of fused-ring (bicyclic) bond motifs is 1. The number of anilines is 1. The van der Waals surface area contributed by atoms with Gasteiger partial charge in [0.1, 0.15) is 5.75 Å². The normalized spacial score (nSPS) is 10.8. The molecular weight excluding hydrogens is 489 g/mol. The summed E-state index contributed by atoms with van der Waals surface area (Å²) in [6.45, 7) is 0. The number of nitrogens with zero attached hydrogens (tertiary/aromatic N) is 1. The SMILES string of the molecule is O=C(NN=Cc1c(OC(=O)c2ccc(Cl)cc2)ccc2ccccc12)C(=O)Nc1ccc(Cl)cc1. The summed E-state index contributed by atoms with van der Waals surface area (Å²) < 4.78 is 5.60. The topological polar surface area (TPSA) is 96.9 Å². The Morgan fingerprint density at radius 3 is 2.14 bits per heavy atom. The largest absolute Gasteiger partial charge is 0.422 e. The Bertz CT molecular complexity index is 1440. The predicted molar refractivity (Wildman–Crippen MR) is 136 cm³/mol. The standard InChI is InChI=1S/C26H17Cl2N3O4/c27-18-8-5-17(6-9-18)26(34)35-23-14-7-16-3-1-2-4-21(16)22(23)15-29-31-25(33)24(32)30-20-12-10-19(28)11-13-20/h1-15H,(H,30,32)(H,31,33). The van der Waals surface area contributed by atoms with E-state index in [-0.39, 0.29) is 5.75 Å². The number of esters is 1. The first-order valence-electron chi connectivity index (χ1n) is 10.3. The second kappa shape index (κ2) is 10.8. The molecule has 0 saturated carbocycles. The number of benzene rings is 4. The number of halogens is 2. The van der Waals surface area contributed by atoms with Crippen LogP contribution in [0.3, 0.4) is 0 Å². The van der Waals surface area contributed by atoms with E-state index in [1.54, 1.807) is 60.7 Å². The van der Waals surface area contributed by atoms with Crippen LogP contribution in [0.5, 0.6) is 5.75 Å². The van der Waals surface area contributed by atoms with Crippen molar-refractivity contribution >= 4 is 63.7 Å². The molecule has 0 radical (unpaired) electrons. The van der Waals surface area contributed by atoms with Crippen LogP contribution >= 0.6 is 23.2 Å². The molecule has 35 heavy (non-hydrogen) atoms. The molecule has 0 aliphatic carbocycles. The second-order valence-corrected chi connectivity index (χ2v) is 8.13. The fraction of sp³-hybridized carbons (Fsp3) is 0. The van der Waals surface area contributed by atoms with Crippen LogP contribution in [0, 0.1) is 0 Å². The molecule has 0 atom stereocenters. The third-order valence-electron chi connectivity index (χ3n) is 4.88. The summed E-state index contributed by atoms with van der Waals surface area (Å²) in [7, 11) is 0. The van der Waals surface area contributed by atoms with E-state index in [4.69, 9.17) is 27.9 Å². The smallest absolute Gasteiger partial charge is 0.343 e. The highest BCUT2D eigenvalue weighted by molar-refractivity contribution is 6.39. The zero-order valence-electron chi connectivity index (χ0n) is 18.0. The molecule has 4 aromatic rings. The van der Waals surface area contributed by atoms with E-state index in [1.807, 2.05) is 24.3 Å². The predicted octanol–water partition coefficient (Wildman–Crippen LogP) is 5.45. The van der Waals surface area contributed by atoms with Crippen molar-refractivity contribution in [2.45, 2.75) is 0 Å². The van der Waals surface area contributed by atoms with E-state index in [9.17, 15) is 14.4 Å². The third-order valence-corrected chi connectivity index (χ3v) is 5.39. The molecular formula is C26H17Cl2N3O4. The maximum atomic E-state index is 12.6. The first-order valence-corrected chi connectivity index (χ1v) is 11.1. The summed E-state index contributed by atoms with van der Waals surface area (Å²) in [5, 5.41) is 8.95. The van der Waals surface area contributed by atoms with E-state index < -0.39 is 17.8 Å². The van der Waals surface area contributed by atoms with E-state index >= 15 is 0 Å². The average Bonchev–Trinajstić information content (AvgIpc) is 2.86. The molecule has 0 bridgehead atoms. The van der Waals surface area contributed by atoms with Crippen molar-refractivity contribution in [1.82, 2.24) is 5.43 Å². The van der Waals surface area contributed by atoms with Gasteiger partial charge in [0, 0.05) is 21.3 Å². The third kappa shape index (κ3) is 6.03. The second-order valence-electron chi connectivity index (χ2n) is 7.26. The summed E-state index contributed by atoms with van der Waals surface area (Å²) in [5.41, 5.74) is 3.35. The van der Waals surface area contributed by atoms with Crippen molar-refractivity contribution in [2.75, 3.05) is 5.32 Å². The van der Waals surface area contributed by atoms with Gasteiger partial charge in [-0.05, 0) is 65.4 Å². The molecule has 0 aliphatic heterocycles. The quantitative estimate of drug-likeness (QED) is 0.124. The van der Waals surface area contributed by atoms with Crippen molar-refractivity contribution in [2.24, 2.45) is 5.10 Å². The Kier molecular flexibility index (Phi) is 7.40. The lowest BCUT2D eigenvalue weighted by Gasteiger charge is -2.10. The fourth-order valence-corrected chi connectivity index (χ4v) is 3.42. The zero-order chi connectivity index (χ0) is 24.8. The van der Waals surface area contributed by atoms with Crippen LogP contribution in [-0.4, -0.2) is 24.0 Å². The molecule has 0 heterocycles. The first kappa shape index (κ1) is 23.9.